The molecule has 2 atom stereocenters. The van der Waals surface area contributed by atoms with Gasteiger partial charge in [-0.1, -0.05) is 13.0 Å². The fourth-order valence-electron chi connectivity index (χ4n) is 2.61. The zero-order valence-electron chi connectivity index (χ0n) is 11.0. The van der Waals surface area contributed by atoms with Crippen molar-refractivity contribution < 1.29 is 9.47 Å². The van der Waals surface area contributed by atoms with Crippen LogP contribution in [0.2, 0.25) is 0 Å². The molecule has 1 saturated heterocycles. The predicted octanol–water partition coefficient (Wildman–Crippen LogP) is 2.68. The summed E-state index contributed by atoms with van der Waals surface area (Å²) in [5, 5.41) is 3.54. The third-order valence-electron chi connectivity index (χ3n) is 3.54. The Hall–Kier alpha value is -1.22. The summed E-state index contributed by atoms with van der Waals surface area (Å²) in [5.74, 6) is 2.57. The molecule has 17 heavy (non-hydrogen) atoms. The number of ether oxygens (including phenoxy) is 2. The summed E-state index contributed by atoms with van der Waals surface area (Å²) >= 11 is 0. The van der Waals surface area contributed by atoms with Gasteiger partial charge in [0.1, 0.15) is 11.5 Å². The molecule has 0 spiro atoms. The molecule has 0 saturated carbocycles. The average molecular weight is 235 g/mol. The lowest BCUT2D eigenvalue weighted by Crippen LogP contribution is -2.14. The minimum Gasteiger partial charge on any atom is -0.496 e. The number of nitrogens with one attached hydrogen (secondary N) is 1. The van der Waals surface area contributed by atoms with Crippen molar-refractivity contribution in [2.75, 3.05) is 20.8 Å². The molecule has 2 rings (SSSR count). The Morgan fingerprint density at radius 2 is 2.00 bits per heavy atom. The second-order valence-electron chi connectivity index (χ2n) is 4.82. The van der Waals surface area contributed by atoms with Crippen LogP contribution in [0.15, 0.2) is 12.1 Å². The van der Waals surface area contributed by atoms with Gasteiger partial charge in [0, 0.05) is 17.2 Å². The van der Waals surface area contributed by atoms with Crippen LogP contribution in [0.5, 0.6) is 11.5 Å². The standard InChI is InChI=1S/C14H21NO2/c1-9-7-12(15-8-9)11-5-6-13(16-3)10(2)14(11)17-4/h5-6,9,12,15H,7-8H2,1-4H3/t9-,12+/m1/s1. The van der Waals surface area contributed by atoms with Crippen LogP contribution in [0.4, 0.5) is 0 Å². The van der Waals surface area contributed by atoms with E-state index in [9.17, 15) is 0 Å². The van der Waals surface area contributed by atoms with Gasteiger partial charge in [-0.25, -0.2) is 0 Å². The fourth-order valence-corrected chi connectivity index (χ4v) is 2.61. The predicted molar refractivity (Wildman–Crippen MR) is 68.8 cm³/mol. The molecule has 1 aliphatic heterocycles. The Balaban J connectivity index is 2.37. The van der Waals surface area contributed by atoms with Crippen LogP contribution in [-0.4, -0.2) is 20.8 Å². The number of hydrogen-bond donors (Lipinski definition) is 1. The normalized spacial score (nSPS) is 23.8. The quantitative estimate of drug-likeness (QED) is 0.873. The first-order chi connectivity index (χ1) is 8.17. The third-order valence-corrected chi connectivity index (χ3v) is 3.54. The number of rotatable bonds is 3. The van der Waals surface area contributed by atoms with E-state index in [2.05, 4.69) is 18.3 Å². The van der Waals surface area contributed by atoms with Crippen molar-refractivity contribution in [1.82, 2.24) is 5.32 Å². The van der Waals surface area contributed by atoms with E-state index in [1.54, 1.807) is 14.2 Å². The van der Waals surface area contributed by atoms with Gasteiger partial charge in [0.05, 0.1) is 14.2 Å². The largest absolute Gasteiger partial charge is 0.496 e. The molecule has 0 amide bonds. The van der Waals surface area contributed by atoms with Crippen LogP contribution in [-0.2, 0) is 0 Å². The van der Waals surface area contributed by atoms with Gasteiger partial charge in [-0.2, -0.15) is 0 Å². The number of benzene rings is 1. The lowest BCUT2D eigenvalue weighted by Gasteiger charge is -2.18. The Labute approximate surface area is 103 Å². The van der Waals surface area contributed by atoms with Crippen molar-refractivity contribution in [3.8, 4) is 11.5 Å². The van der Waals surface area contributed by atoms with Crippen LogP contribution in [0.3, 0.4) is 0 Å². The zero-order chi connectivity index (χ0) is 12.4. The maximum absolute atomic E-state index is 5.55. The molecular formula is C14H21NO2. The molecule has 0 bridgehead atoms. The fraction of sp³-hybridized carbons (Fsp3) is 0.571. The summed E-state index contributed by atoms with van der Waals surface area (Å²) in [6.45, 7) is 5.40. The average Bonchev–Trinajstić information content (AvgIpc) is 2.75. The van der Waals surface area contributed by atoms with Gasteiger partial charge in [-0.3, -0.25) is 0 Å². The van der Waals surface area contributed by atoms with Crippen LogP contribution in [0, 0.1) is 12.8 Å². The number of methoxy groups -OCH3 is 2. The molecule has 3 nitrogen and oxygen atoms in total. The molecular weight excluding hydrogens is 214 g/mol. The van der Waals surface area contributed by atoms with E-state index in [-0.39, 0.29) is 0 Å². The van der Waals surface area contributed by atoms with E-state index in [1.165, 1.54) is 12.0 Å². The van der Waals surface area contributed by atoms with Crippen LogP contribution < -0.4 is 14.8 Å². The lowest BCUT2D eigenvalue weighted by atomic mass is 9.98. The molecule has 1 heterocycles. The van der Waals surface area contributed by atoms with Crippen molar-refractivity contribution >= 4 is 0 Å². The highest BCUT2D eigenvalue weighted by molar-refractivity contribution is 5.50. The summed E-state index contributed by atoms with van der Waals surface area (Å²) in [7, 11) is 3.42. The van der Waals surface area contributed by atoms with Gasteiger partial charge in [0.2, 0.25) is 0 Å². The monoisotopic (exact) mass is 235 g/mol. The minimum absolute atomic E-state index is 0.407. The first-order valence-corrected chi connectivity index (χ1v) is 6.12. The van der Waals surface area contributed by atoms with E-state index in [4.69, 9.17) is 9.47 Å². The molecule has 1 fully saturated rings. The van der Waals surface area contributed by atoms with Gasteiger partial charge in [-0.15, -0.1) is 0 Å². The molecule has 0 radical (unpaired) electrons. The molecule has 1 aromatic carbocycles. The zero-order valence-corrected chi connectivity index (χ0v) is 11.0. The molecule has 0 unspecified atom stereocenters. The number of hydrogen-bond acceptors (Lipinski definition) is 3. The van der Waals surface area contributed by atoms with Crippen molar-refractivity contribution in [3.05, 3.63) is 23.3 Å². The summed E-state index contributed by atoms with van der Waals surface area (Å²) in [4.78, 5) is 0. The third kappa shape index (κ3) is 2.25. The van der Waals surface area contributed by atoms with E-state index in [1.807, 2.05) is 13.0 Å². The highest BCUT2D eigenvalue weighted by Crippen LogP contribution is 2.38. The van der Waals surface area contributed by atoms with Gasteiger partial charge in [0.25, 0.3) is 0 Å². The van der Waals surface area contributed by atoms with Crippen LogP contribution in [0.1, 0.15) is 30.5 Å². The molecule has 0 aliphatic carbocycles. The first-order valence-electron chi connectivity index (χ1n) is 6.12. The van der Waals surface area contributed by atoms with Gasteiger partial charge in [-0.05, 0) is 31.9 Å². The first kappa shape index (κ1) is 12.2. The maximum atomic E-state index is 5.55. The van der Waals surface area contributed by atoms with Crippen molar-refractivity contribution in [2.45, 2.75) is 26.3 Å². The Kier molecular flexibility index (Phi) is 3.57. The second-order valence-corrected chi connectivity index (χ2v) is 4.82. The molecule has 94 valence electrons. The van der Waals surface area contributed by atoms with Gasteiger partial charge < -0.3 is 14.8 Å². The Morgan fingerprint density at radius 3 is 2.53 bits per heavy atom. The summed E-state index contributed by atoms with van der Waals surface area (Å²) in [6.07, 6.45) is 1.17. The summed E-state index contributed by atoms with van der Waals surface area (Å²) in [6, 6.07) is 4.54. The topological polar surface area (TPSA) is 30.5 Å². The second kappa shape index (κ2) is 4.96. The molecule has 0 aromatic heterocycles. The maximum Gasteiger partial charge on any atom is 0.130 e. The molecule has 1 aliphatic rings. The molecule has 1 N–H and O–H groups in total. The lowest BCUT2D eigenvalue weighted by molar-refractivity contribution is 0.381. The van der Waals surface area contributed by atoms with Crippen molar-refractivity contribution in [1.29, 1.82) is 0 Å². The van der Waals surface area contributed by atoms with Crippen LogP contribution >= 0.6 is 0 Å². The van der Waals surface area contributed by atoms with E-state index < -0.39 is 0 Å². The SMILES string of the molecule is COc1ccc([C@@H]2C[C@@H](C)CN2)c(OC)c1C. The molecule has 1 aromatic rings. The van der Waals surface area contributed by atoms with E-state index >= 15 is 0 Å². The van der Waals surface area contributed by atoms with Gasteiger partial charge in [0.15, 0.2) is 0 Å². The van der Waals surface area contributed by atoms with Crippen molar-refractivity contribution in [3.63, 3.8) is 0 Å². The molecule has 3 heteroatoms. The van der Waals surface area contributed by atoms with Crippen LogP contribution in [0.25, 0.3) is 0 Å². The summed E-state index contributed by atoms with van der Waals surface area (Å²) < 4.78 is 10.9. The smallest absolute Gasteiger partial charge is 0.130 e. The Bertz CT molecular complexity index is 403. The highest BCUT2D eigenvalue weighted by Gasteiger charge is 2.25. The van der Waals surface area contributed by atoms with Crippen molar-refractivity contribution in [2.24, 2.45) is 5.92 Å². The highest BCUT2D eigenvalue weighted by atomic mass is 16.5. The van der Waals surface area contributed by atoms with E-state index in [0.29, 0.717) is 6.04 Å². The van der Waals surface area contributed by atoms with E-state index in [0.717, 1.165) is 29.5 Å². The minimum atomic E-state index is 0.407. The summed E-state index contributed by atoms with van der Waals surface area (Å²) in [5.41, 5.74) is 2.32. The van der Waals surface area contributed by atoms with Gasteiger partial charge >= 0.3 is 0 Å². The Morgan fingerprint density at radius 1 is 1.24 bits per heavy atom.